The van der Waals surface area contributed by atoms with Gasteiger partial charge in [0, 0.05) is 14.8 Å². The number of nitrogens with zero attached hydrogens (tertiary/aromatic N) is 1. The molecule has 0 amide bonds. The van der Waals surface area contributed by atoms with Crippen LogP contribution in [-0.4, -0.2) is 5.04 Å². The Balaban J connectivity index is 1.85. The van der Waals surface area contributed by atoms with Crippen LogP contribution in [0.4, 0.5) is 5.69 Å². The highest BCUT2D eigenvalue weighted by atomic mass is 35.5. The molecule has 1 nitrogen and oxygen atoms in total. The van der Waals surface area contributed by atoms with E-state index in [1.807, 2.05) is 72.8 Å². The molecule has 0 aliphatic carbocycles. The average Bonchev–Trinajstić information content (AvgIpc) is 2.68. The van der Waals surface area contributed by atoms with Gasteiger partial charge in [-0.05, 0) is 66.4 Å². The van der Waals surface area contributed by atoms with E-state index in [2.05, 4.69) is 24.5 Å². The summed E-state index contributed by atoms with van der Waals surface area (Å²) in [5.41, 5.74) is 2.08. The minimum absolute atomic E-state index is 0.751. The molecule has 0 aromatic heterocycles. The SMILES string of the molecule is CC(=CSc1ccc(Cl)cc1)C(=Nc1ccccc1)Sc1ccccc1. The summed E-state index contributed by atoms with van der Waals surface area (Å²) in [5.74, 6) is 0. The third kappa shape index (κ3) is 5.80. The molecular formula is C22H18ClNS2. The van der Waals surface area contributed by atoms with Crippen LogP contribution >= 0.6 is 35.1 Å². The molecule has 0 fully saturated rings. The first-order valence-corrected chi connectivity index (χ1v) is 10.2. The molecule has 0 heterocycles. The van der Waals surface area contributed by atoms with Crippen LogP contribution in [0.5, 0.6) is 0 Å². The zero-order valence-electron chi connectivity index (χ0n) is 14.3. The average molecular weight is 396 g/mol. The number of hydrogen-bond donors (Lipinski definition) is 0. The van der Waals surface area contributed by atoms with Gasteiger partial charge in [-0.25, -0.2) is 4.99 Å². The van der Waals surface area contributed by atoms with Gasteiger partial charge in [-0.15, -0.1) is 0 Å². The molecule has 3 rings (SSSR count). The molecule has 3 aromatic carbocycles. The van der Waals surface area contributed by atoms with Crippen molar-refractivity contribution >= 4 is 45.9 Å². The Morgan fingerprint density at radius 3 is 2.08 bits per heavy atom. The summed E-state index contributed by atoms with van der Waals surface area (Å²) in [7, 11) is 0. The lowest BCUT2D eigenvalue weighted by Crippen LogP contribution is -1.94. The molecule has 0 bridgehead atoms. The summed E-state index contributed by atoms with van der Waals surface area (Å²) >= 11 is 9.31. The van der Waals surface area contributed by atoms with Crippen LogP contribution in [0.15, 0.2) is 111 Å². The van der Waals surface area contributed by atoms with E-state index in [1.165, 1.54) is 4.90 Å². The molecule has 0 aliphatic heterocycles. The predicted molar refractivity (Wildman–Crippen MR) is 117 cm³/mol. The lowest BCUT2D eigenvalue weighted by molar-refractivity contribution is 1.46. The lowest BCUT2D eigenvalue weighted by atomic mass is 10.3. The van der Waals surface area contributed by atoms with Gasteiger partial charge in [-0.3, -0.25) is 0 Å². The van der Waals surface area contributed by atoms with E-state index < -0.39 is 0 Å². The Bertz CT molecular complexity index is 888. The monoisotopic (exact) mass is 395 g/mol. The second-order valence-corrected chi connectivity index (χ2v) is 7.98. The van der Waals surface area contributed by atoms with Crippen molar-refractivity contribution in [2.45, 2.75) is 16.7 Å². The van der Waals surface area contributed by atoms with E-state index in [0.717, 1.165) is 26.2 Å². The third-order valence-corrected chi connectivity index (χ3v) is 5.85. The molecule has 26 heavy (non-hydrogen) atoms. The highest BCUT2D eigenvalue weighted by Crippen LogP contribution is 2.29. The van der Waals surface area contributed by atoms with E-state index in [0.29, 0.717) is 0 Å². The molecule has 0 saturated carbocycles. The summed E-state index contributed by atoms with van der Waals surface area (Å²) in [6.07, 6.45) is 0. The molecule has 4 heteroatoms. The van der Waals surface area contributed by atoms with Crippen molar-refractivity contribution in [3.63, 3.8) is 0 Å². The van der Waals surface area contributed by atoms with Gasteiger partial charge in [-0.2, -0.15) is 0 Å². The van der Waals surface area contributed by atoms with Crippen LogP contribution in [0.25, 0.3) is 0 Å². The molecular weight excluding hydrogens is 378 g/mol. The van der Waals surface area contributed by atoms with Crippen LogP contribution < -0.4 is 0 Å². The minimum Gasteiger partial charge on any atom is -0.241 e. The normalized spacial score (nSPS) is 12.2. The Morgan fingerprint density at radius 1 is 0.808 bits per heavy atom. The van der Waals surface area contributed by atoms with E-state index in [1.54, 1.807) is 23.5 Å². The summed E-state index contributed by atoms with van der Waals surface area (Å²) in [5, 5.41) is 3.88. The van der Waals surface area contributed by atoms with Gasteiger partial charge in [0.25, 0.3) is 0 Å². The highest BCUT2D eigenvalue weighted by molar-refractivity contribution is 8.14. The Morgan fingerprint density at radius 2 is 1.42 bits per heavy atom. The molecule has 0 saturated heterocycles. The van der Waals surface area contributed by atoms with Crippen LogP contribution in [0, 0.1) is 0 Å². The quantitative estimate of drug-likeness (QED) is 0.247. The van der Waals surface area contributed by atoms with Crippen molar-refractivity contribution in [2.24, 2.45) is 4.99 Å². The number of thioether (sulfide) groups is 2. The minimum atomic E-state index is 0.751. The smallest absolute Gasteiger partial charge is 0.105 e. The Hall–Kier alpha value is -1.94. The van der Waals surface area contributed by atoms with Crippen LogP contribution in [-0.2, 0) is 0 Å². The predicted octanol–water partition coefficient (Wildman–Crippen LogP) is 7.86. The first-order chi connectivity index (χ1) is 12.7. The van der Waals surface area contributed by atoms with Crippen molar-refractivity contribution in [2.75, 3.05) is 0 Å². The molecule has 0 aliphatic rings. The number of halogens is 1. The van der Waals surface area contributed by atoms with E-state index >= 15 is 0 Å². The van der Waals surface area contributed by atoms with Gasteiger partial charge in [0.2, 0.25) is 0 Å². The summed E-state index contributed by atoms with van der Waals surface area (Å²) < 4.78 is 0. The van der Waals surface area contributed by atoms with Gasteiger partial charge in [-0.1, -0.05) is 71.5 Å². The lowest BCUT2D eigenvalue weighted by Gasteiger charge is -2.08. The molecule has 0 atom stereocenters. The van der Waals surface area contributed by atoms with Crippen molar-refractivity contribution in [1.29, 1.82) is 0 Å². The van der Waals surface area contributed by atoms with Gasteiger partial charge < -0.3 is 0 Å². The number of rotatable bonds is 5. The maximum absolute atomic E-state index is 5.96. The van der Waals surface area contributed by atoms with Crippen molar-refractivity contribution in [3.05, 3.63) is 101 Å². The Labute approximate surface area is 168 Å². The molecule has 0 radical (unpaired) electrons. The second-order valence-electron chi connectivity index (χ2n) is 5.54. The van der Waals surface area contributed by atoms with Gasteiger partial charge >= 0.3 is 0 Å². The van der Waals surface area contributed by atoms with Gasteiger partial charge in [0.15, 0.2) is 0 Å². The van der Waals surface area contributed by atoms with E-state index in [9.17, 15) is 0 Å². The van der Waals surface area contributed by atoms with Crippen LogP contribution in [0.2, 0.25) is 5.02 Å². The molecule has 3 aromatic rings. The topological polar surface area (TPSA) is 12.4 Å². The number of aliphatic imine (C=N–C) groups is 1. The third-order valence-electron chi connectivity index (χ3n) is 3.47. The first kappa shape index (κ1) is 18.8. The first-order valence-electron chi connectivity index (χ1n) is 8.17. The van der Waals surface area contributed by atoms with Crippen molar-refractivity contribution in [3.8, 4) is 0 Å². The summed E-state index contributed by atoms with van der Waals surface area (Å²) in [4.78, 5) is 7.18. The summed E-state index contributed by atoms with van der Waals surface area (Å²) in [6, 6.07) is 28.2. The molecule has 130 valence electrons. The zero-order valence-corrected chi connectivity index (χ0v) is 16.7. The van der Waals surface area contributed by atoms with E-state index in [4.69, 9.17) is 16.6 Å². The van der Waals surface area contributed by atoms with Crippen molar-refractivity contribution < 1.29 is 0 Å². The zero-order chi connectivity index (χ0) is 18.2. The Kier molecular flexibility index (Phi) is 7.01. The fourth-order valence-corrected chi connectivity index (χ4v) is 3.94. The maximum atomic E-state index is 5.96. The largest absolute Gasteiger partial charge is 0.241 e. The fraction of sp³-hybridized carbons (Fsp3) is 0.0455. The number of para-hydroxylation sites is 1. The van der Waals surface area contributed by atoms with Crippen molar-refractivity contribution in [1.82, 2.24) is 0 Å². The highest BCUT2D eigenvalue weighted by Gasteiger charge is 2.06. The second kappa shape index (κ2) is 9.67. The van der Waals surface area contributed by atoms with Crippen LogP contribution in [0.3, 0.4) is 0 Å². The molecule has 0 spiro atoms. The van der Waals surface area contributed by atoms with Gasteiger partial charge in [0.1, 0.15) is 5.04 Å². The molecule has 0 N–H and O–H groups in total. The molecule has 0 unspecified atom stereocenters. The number of hydrogen-bond acceptors (Lipinski definition) is 3. The number of benzene rings is 3. The maximum Gasteiger partial charge on any atom is 0.105 e. The summed E-state index contributed by atoms with van der Waals surface area (Å²) in [6.45, 7) is 2.10. The van der Waals surface area contributed by atoms with Crippen LogP contribution in [0.1, 0.15) is 6.92 Å². The fourth-order valence-electron chi connectivity index (χ4n) is 2.13. The standard InChI is InChI=1S/C22H18ClNS2/c1-17(16-25-20-14-12-18(23)13-15-20)22(24-19-8-4-2-5-9-19)26-21-10-6-3-7-11-21/h2-16H,1H3. The van der Waals surface area contributed by atoms with E-state index in [-0.39, 0.29) is 0 Å². The van der Waals surface area contributed by atoms with Gasteiger partial charge in [0.05, 0.1) is 5.69 Å².